The number of alkyl halides is 3. The van der Waals surface area contributed by atoms with Gasteiger partial charge in [0.1, 0.15) is 0 Å². The summed E-state index contributed by atoms with van der Waals surface area (Å²) < 4.78 is 42.0. The van der Waals surface area contributed by atoms with Crippen LogP contribution in [-0.4, -0.2) is 32.6 Å². The lowest BCUT2D eigenvalue weighted by molar-refractivity contribution is -0.140. The third-order valence-electron chi connectivity index (χ3n) is 3.29. The number of hydrogen-bond acceptors (Lipinski definition) is 3. The number of carbonyl (C=O) groups excluding carboxylic acids is 1. The summed E-state index contributed by atoms with van der Waals surface area (Å²) in [5, 5.41) is 6.09. The highest BCUT2D eigenvalue weighted by Gasteiger charge is 2.29. The molecular formula is C16H22F3N3O2. The first-order valence-electron chi connectivity index (χ1n) is 7.54. The first-order chi connectivity index (χ1) is 11.4. The molecule has 24 heavy (non-hydrogen) atoms. The van der Waals surface area contributed by atoms with Gasteiger partial charge < -0.3 is 15.4 Å². The number of guanidine groups is 1. The molecule has 0 aliphatic rings. The topological polar surface area (TPSA) is 62.7 Å². The smallest absolute Gasteiger partial charge is 0.416 e. The minimum atomic E-state index is -4.33. The summed E-state index contributed by atoms with van der Waals surface area (Å²) in [4.78, 5) is 15.0. The molecule has 1 rings (SSSR count). The Labute approximate surface area is 139 Å². The van der Waals surface area contributed by atoms with Crippen LogP contribution in [0.25, 0.3) is 0 Å². The summed E-state index contributed by atoms with van der Waals surface area (Å²) in [6.45, 7) is 0.990. The quantitative estimate of drug-likeness (QED) is 0.345. The molecule has 0 heterocycles. The summed E-state index contributed by atoms with van der Waals surface area (Å²) in [6, 6.07) is 4.97. The van der Waals surface area contributed by atoms with Gasteiger partial charge in [-0.05, 0) is 30.5 Å². The van der Waals surface area contributed by atoms with Gasteiger partial charge in [0.05, 0.1) is 12.7 Å². The number of hydrogen-bond donors (Lipinski definition) is 2. The number of nitrogens with one attached hydrogen (secondary N) is 2. The van der Waals surface area contributed by atoms with Gasteiger partial charge in [0.15, 0.2) is 5.96 Å². The molecule has 0 aliphatic heterocycles. The Morgan fingerprint density at radius 2 is 1.83 bits per heavy atom. The van der Waals surface area contributed by atoms with E-state index in [1.165, 1.54) is 19.2 Å². The van der Waals surface area contributed by atoms with E-state index in [-0.39, 0.29) is 5.97 Å². The number of esters is 1. The fourth-order valence-corrected chi connectivity index (χ4v) is 1.92. The third-order valence-corrected chi connectivity index (χ3v) is 3.29. The molecule has 1 aromatic rings. The van der Waals surface area contributed by atoms with Crippen molar-refractivity contribution in [1.29, 1.82) is 0 Å². The maximum Gasteiger partial charge on any atom is 0.416 e. The molecule has 8 heteroatoms. The van der Waals surface area contributed by atoms with Gasteiger partial charge in [-0.1, -0.05) is 12.1 Å². The van der Waals surface area contributed by atoms with Crippen molar-refractivity contribution in [2.75, 3.05) is 20.7 Å². The second-order valence-corrected chi connectivity index (χ2v) is 5.08. The van der Waals surface area contributed by atoms with Gasteiger partial charge in [0.25, 0.3) is 0 Å². The molecule has 0 aromatic heterocycles. The van der Waals surface area contributed by atoms with Gasteiger partial charge in [0, 0.05) is 26.6 Å². The number of methoxy groups -OCH3 is 1. The number of nitrogens with zero attached hydrogens (tertiary/aromatic N) is 1. The van der Waals surface area contributed by atoms with Crippen molar-refractivity contribution in [3.63, 3.8) is 0 Å². The average Bonchev–Trinajstić information content (AvgIpc) is 2.56. The molecule has 0 aliphatic carbocycles. The third kappa shape index (κ3) is 7.34. The van der Waals surface area contributed by atoms with E-state index in [0.717, 1.165) is 24.1 Å². The van der Waals surface area contributed by atoms with Crippen molar-refractivity contribution in [3.8, 4) is 0 Å². The highest BCUT2D eigenvalue weighted by Crippen LogP contribution is 2.28. The molecular weight excluding hydrogens is 323 g/mol. The van der Waals surface area contributed by atoms with E-state index in [1.54, 1.807) is 7.05 Å². The van der Waals surface area contributed by atoms with Crippen LogP contribution in [0, 0.1) is 0 Å². The van der Waals surface area contributed by atoms with Crippen LogP contribution in [0.15, 0.2) is 29.3 Å². The number of rotatable bonds is 7. The maximum atomic E-state index is 12.5. The lowest BCUT2D eigenvalue weighted by Crippen LogP contribution is -2.37. The molecule has 5 nitrogen and oxygen atoms in total. The van der Waals surface area contributed by atoms with Crippen LogP contribution < -0.4 is 10.6 Å². The van der Waals surface area contributed by atoms with Crippen LogP contribution in [0.1, 0.15) is 30.4 Å². The summed E-state index contributed by atoms with van der Waals surface area (Å²) in [6.07, 6.45) is -2.48. The molecule has 134 valence electrons. The molecule has 0 bridgehead atoms. The van der Waals surface area contributed by atoms with E-state index in [9.17, 15) is 18.0 Å². The molecule has 0 radical (unpaired) electrons. The van der Waals surface area contributed by atoms with Crippen LogP contribution >= 0.6 is 0 Å². The predicted molar refractivity (Wildman–Crippen MR) is 85.5 cm³/mol. The highest BCUT2D eigenvalue weighted by atomic mass is 19.4. The Balaban J connectivity index is 2.32. The maximum absolute atomic E-state index is 12.5. The Morgan fingerprint density at radius 3 is 2.38 bits per heavy atom. The summed E-state index contributed by atoms with van der Waals surface area (Å²) in [7, 11) is 2.96. The fraction of sp³-hybridized carbons (Fsp3) is 0.500. The second kappa shape index (κ2) is 9.79. The average molecular weight is 345 g/mol. The lowest BCUT2D eigenvalue weighted by Gasteiger charge is -2.12. The van der Waals surface area contributed by atoms with Crippen LogP contribution in [0.5, 0.6) is 0 Å². The molecule has 0 spiro atoms. The number of ether oxygens (including phenoxy) is 1. The fourth-order valence-electron chi connectivity index (χ4n) is 1.92. The van der Waals surface area contributed by atoms with E-state index in [2.05, 4.69) is 20.4 Å². The monoisotopic (exact) mass is 345 g/mol. The largest absolute Gasteiger partial charge is 0.469 e. The molecule has 0 atom stereocenters. The lowest BCUT2D eigenvalue weighted by atomic mass is 10.1. The van der Waals surface area contributed by atoms with Crippen molar-refractivity contribution in [2.45, 2.75) is 32.0 Å². The van der Waals surface area contributed by atoms with Gasteiger partial charge in [-0.2, -0.15) is 13.2 Å². The molecule has 0 fully saturated rings. The standard InChI is InChI=1S/C16H22F3N3O2/c1-20-15(21-10-4-3-5-14(23)24-2)22-11-12-6-8-13(9-7-12)16(17,18)19/h6-9H,3-5,10-11H2,1-2H3,(H2,20,21,22). The van der Waals surface area contributed by atoms with E-state index < -0.39 is 11.7 Å². The van der Waals surface area contributed by atoms with Crippen LogP contribution in [0.3, 0.4) is 0 Å². The Kier molecular flexibility index (Phi) is 8.08. The van der Waals surface area contributed by atoms with Crippen molar-refractivity contribution >= 4 is 11.9 Å². The van der Waals surface area contributed by atoms with Crippen molar-refractivity contribution in [2.24, 2.45) is 4.99 Å². The van der Waals surface area contributed by atoms with Crippen LogP contribution in [0.2, 0.25) is 0 Å². The van der Waals surface area contributed by atoms with E-state index in [0.29, 0.717) is 31.9 Å². The summed E-state index contributed by atoms with van der Waals surface area (Å²) in [5.74, 6) is 0.313. The number of halogens is 3. The van der Waals surface area contributed by atoms with Crippen LogP contribution in [-0.2, 0) is 22.3 Å². The Bertz CT molecular complexity index is 542. The Morgan fingerprint density at radius 1 is 1.17 bits per heavy atom. The zero-order chi connectivity index (χ0) is 18.0. The van der Waals surface area contributed by atoms with Gasteiger partial charge >= 0.3 is 12.1 Å². The van der Waals surface area contributed by atoms with E-state index >= 15 is 0 Å². The van der Waals surface area contributed by atoms with Gasteiger partial charge in [-0.3, -0.25) is 9.79 Å². The van der Waals surface area contributed by atoms with E-state index in [4.69, 9.17) is 0 Å². The SMILES string of the molecule is CN=C(NCCCCC(=O)OC)NCc1ccc(C(F)(F)F)cc1. The molecule has 0 saturated heterocycles. The first kappa shape index (κ1) is 19.8. The van der Waals surface area contributed by atoms with Gasteiger partial charge in [0.2, 0.25) is 0 Å². The normalized spacial score (nSPS) is 12.0. The first-order valence-corrected chi connectivity index (χ1v) is 7.54. The number of aliphatic imine (C=N–C) groups is 1. The molecule has 0 saturated carbocycles. The van der Waals surface area contributed by atoms with E-state index in [1.807, 2.05) is 0 Å². The zero-order valence-corrected chi connectivity index (χ0v) is 13.7. The summed E-state index contributed by atoms with van der Waals surface area (Å²) in [5.41, 5.74) is 0.0519. The van der Waals surface area contributed by atoms with Gasteiger partial charge in [-0.25, -0.2) is 0 Å². The van der Waals surface area contributed by atoms with Crippen molar-refractivity contribution < 1.29 is 22.7 Å². The molecule has 2 N–H and O–H groups in total. The number of unbranched alkanes of at least 4 members (excludes halogenated alkanes) is 1. The Hall–Kier alpha value is -2.25. The zero-order valence-electron chi connectivity index (χ0n) is 13.7. The minimum Gasteiger partial charge on any atom is -0.469 e. The summed E-state index contributed by atoms with van der Waals surface area (Å²) >= 11 is 0. The van der Waals surface area contributed by atoms with Crippen molar-refractivity contribution in [1.82, 2.24) is 10.6 Å². The molecule has 0 unspecified atom stereocenters. The van der Waals surface area contributed by atoms with Crippen LogP contribution in [0.4, 0.5) is 13.2 Å². The van der Waals surface area contributed by atoms with Crippen molar-refractivity contribution in [3.05, 3.63) is 35.4 Å². The highest BCUT2D eigenvalue weighted by molar-refractivity contribution is 5.79. The minimum absolute atomic E-state index is 0.236. The predicted octanol–water partition coefficient (Wildman–Crippen LogP) is 2.71. The molecule has 0 amide bonds. The number of benzene rings is 1. The van der Waals surface area contributed by atoms with Gasteiger partial charge in [-0.15, -0.1) is 0 Å². The second-order valence-electron chi connectivity index (χ2n) is 5.08. The molecule has 1 aromatic carbocycles. The number of carbonyl (C=O) groups is 1.